The van der Waals surface area contributed by atoms with Gasteiger partial charge in [0.1, 0.15) is 12.4 Å². The summed E-state index contributed by atoms with van der Waals surface area (Å²) in [4.78, 5) is 19.3. The summed E-state index contributed by atoms with van der Waals surface area (Å²) in [7, 11) is 0. The lowest BCUT2D eigenvalue weighted by Crippen LogP contribution is -2.49. The number of benzene rings is 1. The third-order valence-corrected chi connectivity index (χ3v) is 6.11. The maximum absolute atomic E-state index is 13.0. The normalized spacial score (nSPS) is 23.1. The van der Waals surface area contributed by atoms with Gasteiger partial charge in [-0.1, -0.05) is 12.8 Å². The fourth-order valence-corrected chi connectivity index (χ4v) is 4.75. The van der Waals surface area contributed by atoms with Crippen LogP contribution in [-0.2, 0) is 6.61 Å². The van der Waals surface area contributed by atoms with Crippen molar-refractivity contribution in [3.63, 3.8) is 0 Å². The number of hydrogen-bond acceptors (Lipinski definition) is 4. The Morgan fingerprint density at radius 3 is 2.76 bits per heavy atom. The Labute approximate surface area is 152 Å². The van der Waals surface area contributed by atoms with E-state index in [0.717, 1.165) is 30.0 Å². The second kappa shape index (κ2) is 7.56. The summed E-state index contributed by atoms with van der Waals surface area (Å²) in [6.45, 7) is 1.37. The van der Waals surface area contributed by atoms with E-state index in [1.165, 1.54) is 32.1 Å². The van der Waals surface area contributed by atoms with E-state index in [1.54, 1.807) is 16.8 Å². The molecule has 5 heteroatoms. The molecule has 1 saturated carbocycles. The molecule has 2 aliphatic rings. The van der Waals surface area contributed by atoms with Gasteiger partial charge in [-0.15, -0.1) is 11.3 Å². The number of rotatable bonds is 4. The van der Waals surface area contributed by atoms with Gasteiger partial charge in [0, 0.05) is 23.5 Å². The van der Waals surface area contributed by atoms with Crippen molar-refractivity contribution in [3.8, 4) is 5.75 Å². The molecule has 1 aromatic heterocycles. The van der Waals surface area contributed by atoms with Crippen LogP contribution in [0.3, 0.4) is 0 Å². The van der Waals surface area contributed by atoms with Crippen molar-refractivity contribution in [2.45, 2.75) is 51.2 Å². The van der Waals surface area contributed by atoms with Crippen LogP contribution in [0.1, 0.15) is 54.6 Å². The van der Waals surface area contributed by atoms with Crippen LogP contribution in [0.4, 0.5) is 0 Å². The van der Waals surface area contributed by atoms with Crippen molar-refractivity contribution in [3.05, 3.63) is 46.4 Å². The molecule has 132 valence electrons. The maximum Gasteiger partial charge on any atom is 0.254 e. The quantitative estimate of drug-likeness (QED) is 0.809. The van der Waals surface area contributed by atoms with Gasteiger partial charge in [0.2, 0.25) is 0 Å². The van der Waals surface area contributed by atoms with E-state index >= 15 is 0 Å². The van der Waals surface area contributed by atoms with Crippen molar-refractivity contribution in [2.24, 2.45) is 5.92 Å². The van der Waals surface area contributed by atoms with E-state index in [-0.39, 0.29) is 5.91 Å². The predicted molar refractivity (Wildman–Crippen MR) is 98.9 cm³/mol. The summed E-state index contributed by atoms with van der Waals surface area (Å²) in [6.07, 6.45) is 7.48. The molecule has 4 rings (SSSR count). The molecule has 2 heterocycles. The monoisotopic (exact) mass is 356 g/mol. The number of fused-ring (bicyclic) bond motifs is 1. The molecule has 0 bridgehead atoms. The fourth-order valence-electron chi connectivity index (χ4n) is 4.20. The minimum Gasteiger partial charge on any atom is -0.487 e. The topological polar surface area (TPSA) is 42.4 Å². The Hall–Kier alpha value is -1.88. The number of amides is 1. The van der Waals surface area contributed by atoms with E-state index in [4.69, 9.17) is 4.74 Å². The second-order valence-electron chi connectivity index (χ2n) is 7.05. The number of ether oxygens (including phenoxy) is 1. The smallest absolute Gasteiger partial charge is 0.254 e. The van der Waals surface area contributed by atoms with E-state index < -0.39 is 0 Å². The van der Waals surface area contributed by atoms with Crippen LogP contribution in [0.25, 0.3) is 0 Å². The lowest BCUT2D eigenvalue weighted by molar-refractivity contribution is 0.0390. The van der Waals surface area contributed by atoms with Gasteiger partial charge < -0.3 is 9.64 Å². The molecule has 1 saturated heterocycles. The summed E-state index contributed by atoms with van der Waals surface area (Å²) in [5.41, 5.74) is 3.51. The van der Waals surface area contributed by atoms with Crippen molar-refractivity contribution in [2.75, 3.05) is 6.54 Å². The van der Waals surface area contributed by atoms with Crippen molar-refractivity contribution >= 4 is 17.2 Å². The molecule has 1 aliphatic carbocycles. The first-order chi connectivity index (χ1) is 12.3. The molecule has 0 spiro atoms. The molecule has 2 fully saturated rings. The number of piperidine rings is 1. The summed E-state index contributed by atoms with van der Waals surface area (Å²) in [6, 6.07) is 8.02. The number of thiazole rings is 1. The molecule has 25 heavy (non-hydrogen) atoms. The van der Waals surface area contributed by atoms with Gasteiger partial charge in [0.15, 0.2) is 0 Å². The summed E-state index contributed by atoms with van der Waals surface area (Å²) in [5, 5.41) is 1.98. The molecule has 4 nitrogen and oxygen atoms in total. The number of hydrogen-bond donors (Lipinski definition) is 0. The highest BCUT2D eigenvalue weighted by Gasteiger charge is 2.35. The van der Waals surface area contributed by atoms with E-state index in [1.807, 2.05) is 29.6 Å². The predicted octanol–water partition coefficient (Wildman–Crippen LogP) is 4.52. The van der Waals surface area contributed by atoms with Gasteiger partial charge in [0.05, 0.1) is 11.2 Å². The van der Waals surface area contributed by atoms with Gasteiger partial charge in [-0.2, -0.15) is 0 Å². The number of carbonyl (C=O) groups excluding carboxylic acids is 1. The third kappa shape index (κ3) is 3.71. The summed E-state index contributed by atoms with van der Waals surface area (Å²) < 4.78 is 5.74. The third-order valence-electron chi connectivity index (χ3n) is 5.48. The Bertz CT molecular complexity index is 697. The van der Waals surface area contributed by atoms with E-state index in [0.29, 0.717) is 18.6 Å². The van der Waals surface area contributed by atoms with Gasteiger partial charge in [-0.3, -0.25) is 4.79 Å². The Morgan fingerprint density at radius 2 is 1.96 bits per heavy atom. The first kappa shape index (κ1) is 16.6. The molecule has 1 amide bonds. The molecule has 0 radical (unpaired) electrons. The molecular formula is C20H24N2O2S. The van der Waals surface area contributed by atoms with Gasteiger partial charge in [-0.25, -0.2) is 4.98 Å². The fraction of sp³-hybridized carbons (Fsp3) is 0.500. The zero-order valence-electron chi connectivity index (χ0n) is 14.4. The zero-order valence-corrected chi connectivity index (χ0v) is 15.2. The molecule has 0 unspecified atom stereocenters. The van der Waals surface area contributed by atoms with Crippen LogP contribution < -0.4 is 4.74 Å². The molecular weight excluding hydrogens is 332 g/mol. The first-order valence-electron chi connectivity index (χ1n) is 9.22. The minimum absolute atomic E-state index is 0.183. The van der Waals surface area contributed by atoms with Crippen LogP contribution >= 0.6 is 11.3 Å². The average molecular weight is 356 g/mol. The zero-order chi connectivity index (χ0) is 17.1. The highest BCUT2D eigenvalue weighted by Crippen LogP contribution is 2.36. The summed E-state index contributed by atoms with van der Waals surface area (Å²) in [5.74, 6) is 1.67. The van der Waals surface area contributed by atoms with Crippen molar-refractivity contribution in [1.82, 2.24) is 9.88 Å². The first-order valence-corrected chi connectivity index (χ1v) is 10.2. The van der Waals surface area contributed by atoms with E-state index in [9.17, 15) is 4.79 Å². The maximum atomic E-state index is 13.0. The van der Waals surface area contributed by atoms with Crippen molar-refractivity contribution < 1.29 is 9.53 Å². The molecule has 1 aliphatic heterocycles. The molecule has 1 aromatic carbocycles. The highest BCUT2D eigenvalue weighted by molar-refractivity contribution is 7.07. The second-order valence-corrected chi connectivity index (χ2v) is 7.76. The van der Waals surface area contributed by atoms with Gasteiger partial charge in [-0.05, 0) is 55.9 Å². The minimum atomic E-state index is 0.183. The number of carbonyl (C=O) groups is 1. The van der Waals surface area contributed by atoms with Gasteiger partial charge >= 0.3 is 0 Å². The van der Waals surface area contributed by atoms with E-state index in [2.05, 4.69) is 9.88 Å². The Kier molecular flexibility index (Phi) is 5.02. The number of likely N-dealkylation sites (tertiary alicyclic amines) is 1. The largest absolute Gasteiger partial charge is 0.487 e. The lowest BCUT2D eigenvalue weighted by atomic mass is 9.78. The highest BCUT2D eigenvalue weighted by atomic mass is 32.1. The SMILES string of the molecule is O=C(c1ccc(OCc2cscn2)cc1)N1CCC[C@@H]2CCCC[C@H]21. The Morgan fingerprint density at radius 1 is 1.16 bits per heavy atom. The van der Waals surface area contributed by atoms with Crippen LogP contribution in [-0.4, -0.2) is 28.4 Å². The number of aromatic nitrogens is 1. The molecule has 2 atom stereocenters. The molecule has 0 N–H and O–H groups in total. The van der Waals surface area contributed by atoms with Crippen LogP contribution in [0, 0.1) is 5.92 Å². The molecule has 2 aromatic rings. The van der Waals surface area contributed by atoms with Crippen LogP contribution in [0.2, 0.25) is 0 Å². The number of nitrogens with zero attached hydrogens (tertiary/aromatic N) is 2. The average Bonchev–Trinajstić information content (AvgIpc) is 3.19. The standard InChI is InChI=1S/C20H24N2O2S/c23-20(22-11-3-5-15-4-1-2-6-19(15)22)16-7-9-18(10-8-16)24-12-17-13-25-14-21-17/h7-10,13-15,19H,1-6,11-12H2/t15-,19+/m0/s1. The summed E-state index contributed by atoms with van der Waals surface area (Å²) >= 11 is 1.56. The lowest BCUT2D eigenvalue weighted by Gasteiger charge is -2.44. The van der Waals surface area contributed by atoms with Crippen LogP contribution in [0.15, 0.2) is 35.2 Å². The van der Waals surface area contributed by atoms with Crippen LogP contribution in [0.5, 0.6) is 5.75 Å². The van der Waals surface area contributed by atoms with Crippen molar-refractivity contribution in [1.29, 1.82) is 0 Å². The van der Waals surface area contributed by atoms with Gasteiger partial charge in [0.25, 0.3) is 5.91 Å². The Balaban J connectivity index is 1.41.